The molecule has 1 heterocycles. The molecule has 2 N–H and O–H groups in total. The molecule has 1 fully saturated rings. The molecule has 0 spiro atoms. The van der Waals surface area contributed by atoms with Crippen LogP contribution in [0.4, 0.5) is 0 Å². The van der Waals surface area contributed by atoms with E-state index in [9.17, 15) is 9.59 Å². The van der Waals surface area contributed by atoms with E-state index in [4.69, 9.17) is 5.73 Å². The minimum atomic E-state index is -0.353. The van der Waals surface area contributed by atoms with E-state index in [-0.39, 0.29) is 24.3 Å². The highest BCUT2D eigenvalue weighted by atomic mass is 16.2. The van der Waals surface area contributed by atoms with Crippen molar-refractivity contribution in [2.45, 2.75) is 25.3 Å². The monoisotopic (exact) mass is 182 g/mol. The van der Waals surface area contributed by atoms with E-state index >= 15 is 0 Å². The van der Waals surface area contributed by atoms with Crippen LogP contribution in [0.15, 0.2) is 12.7 Å². The summed E-state index contributed by atoms with van der Waals surface area (Å²) in [6, 6.07) is -0.0111. The molecular formula is C9H14N2O2. The Kier molecular flexibility index (Phi) is 3.06. The van der Waals surface area contributed by atoms with Crippen LogP contribution < -0.4 is 5.73 Å². The van der Waals surface area contributed by atoms with Crippen LogP contribution in [0.2, 0.25) is 0 Å². The maximum atomic E-state index is 11.3. The van der Waals surface area contributed by atoms with Crippen molar-refractivity contribution in [1.82, 2.24) is 4.90 Å². The number of rotatable bonds is 4. The van der Waals surface area contributed by atoms with E-state index in [0.29, 0.717) is 13.0 Å². The van der Waals surface area contributed by atoms with Gasteiger partial charge in [-0.15, -0.1) is 6.58 Å². The summed E-state index contributed by atoms with van der Waals surface area (Å²) in [7, 11) is 0. The lowest BCUT2D eigenvalue weighted by atomic mass is 10.1. The highest BCUT2D eigenvalue weighted by Crippen LogP contribution is 2.20. The van der Waals surface area contributed by atoms with Gasteiger partial charge >= 0.3 is 0 Å². The third-order valence-corrected chi connectivity index (χ3v) is 2.22. The Balaban J connectivity index is 2.58. The Labute approximate surface area is 77.4 Å². The summed E-state index contributed by atoms with van der Waals surface area (Å²) in [5, 5.41) is 0. The van der Waals surface area contributed by atoms with Gasteiger partial charge in [0.2, 0.25) is 11.8 Å². The molecule has 0 unspecified atom stereocenters. The molecule has 1 saturated heterocycles. The zero-order valence-corrected chi connectivity index (χ0v) is 7.53. The van der Waals surface area contributed by atoms with Gasteiger partial charge < -0.3 is 10.6 Å². The molecule has 13 heavy (non-hydrogen) atoms. The van der Waals surface area contributed by atoms with E-state index in [1.54, 1.807) is 11.0 Å². The molecule has 0 bridgehead atoms. The van der Waals surface area contributed by atoms with Crippen LogP contribution in [-0.4, -0.2) is 29.3 Å². The molecule has 0 aliphatic carbocycles. The second-order valence-electron chi connectivity index (χ2n) is 3.20. The Morgan fingerprint density at radius 2 is 2.46 bits per heavy atom. The van der Waals surface area contributed by atoms with Crippen molar-refractivity contribution < 1.29 is 9.59 Å². The lowest BCUT2D eigenvalue weighted by Crippen LogP contribution is -2.35. The number of likely N-dealkylation sites (tertiary alicyclic amines) is 1. The van der Waals surface area contributed by atoms with Gasteiger partial charge in [-0.3, -0.25) is 9.59 Å². The van der Waals surface area contributed by atoms with Gasteiger partial charge in [0.1, 0.15) is 0 Å². The quantitative estimate of drug-likeness (QED) is 0.624. The number of nitrogens with two attached hydrogens (primary N) is 1. The predicted octanol–water partition coefficient (Wildman–Crippen LogP) is 0.0388. The van der Waals surface area contributed by atoms with Crippen LogP contribution in [0.3, 0.4) is 0 Å². The van der Waals surface area contributed by atoms with Gasteiger partial charge in [-0.2, -0.15) is 0 Å². The summed E-state index contributed by atoms with van der Waals surface area (Å²) in [5.41, 5.74) is 5.07. The minimum Gasteiger partial charge on any atom is -0.370 e. The van der Waals surface area contributed by atoms with E-state index in [1.165, 1.54) is 0 Å². The lowest BCUT2D eigenvalue weighted by molar-refractivity contribution is -0.129. The SMILES string of the molecule is C=CCN1C(=O)CC[C@H]1CC(N)=O. The molecule has 0 aromatic heterocycles. The molecule has 4 heteroatoms. The second kappa shape index (κ2) is 4.07. The third-order valence-electron chi connectivity index (χ3n) is 2.22. The van der Waals surface area contributed by atoms with Gasteiger partial charge in [0.05, 0.1) is 0 Å². The van der Waals surface area contributed by atoms with Crippen LogP contribution in [0.25, 0.3) is 0 Å². The fourth-order valence-corrected chi connectivity index (χ4v) is 1.63. The van der Waals surface area contributed by atoms with Crippen molar-refractivity contribution in [2.24, 2.45) is 5.73 Å². The third kappa shape index (κ3) is 2.31. The van der Waals surface area contributed by atoms with Gasteiger partial charge in [-0.1, -0.05) is 6.08 Å². The second-order valence-corrected chi connectivity index (χ2v) is 3.20. The van der Waals surface area contributed by atoms with Crippen LogP contribution in [0.1, 0.15) is 19.3 Å². The summed E-state index contributed by atoms with van der Waals surface area (Å²) in [6.07, 6.45) is 3.18. The maximum absolute atomic E-state index is 11.3. The molecule has 2 amide bonds. The lowest BCUT2D eigenvalue weighted by Gasteiger charge is -2.21. The Bertz CT molecular complexity index is 238. The summed E-state index contributed by atoms with van der Waals surface area (Å²) < 4.78 is 0. The molecular weight excluding hydrogens is 168 g/mol. The Morgan fingerprint density at radius 3 is 3.00 bits per heavy atom. The number of hydrogen-bond acceptors (Lipinski definition) is 2. The average Bonchev–Trinajstić information content (AvgIpc) is 2.35. The van der Waals surface area contributed by atoms with Crippen molar-refractivity contribution in [3.63, 3.8) is 0 Å². The predicted molar refractivity (Wildman–Crippen MR) is 48.7 cm³/mol. The van der Waals surface area contributed by atoms with Crippen LogP contribution in [-0.2, 0) is 9.59 Å². The van der Waals surface area contributed by atoms with Crippen LogP contribution >= 0.6 is 0 Å². The van der Waals surface area contributed by atoms with Crippen LogP contribution in [0.5, 0.6) is 0 Å². The summed E-state index contributed by atoms with van der Waals surface area (Å²) in [5.74, 6) is -0.264. The van der Waals surface area contributed by atoms with E-state index < -0.39 is 0 Å². The van der Waals surface area contributed by atoms with Gasteiger partial charge in [0.25, 0.3) is 0 Å². The first-order chi connectivity index (χ1) is 6.15. The fourth-order valence-electron chi connectivity index (χ4n) is 1.63. The number of hydrogen-bond donors (Lipinski definition) is 1. The summed E-state index contributed by atoms with van der Waals surface area (Å²) in [6.45, 7) is 4.07. The van der Waals surface area contributed by atoms with Crippen molar-refractivity contribution in [3.05, 3.63) is 12.7 Å². The molecule has 0 radical (unpaired) electrons. The first-order valence-electron chi connectivity index (χ1n) is 4.34. The van der Waals surface area contributed by atoms with Gasteiger partial charge in [-0.25, -0.2) is 0 Å². The highest BCUT2D eigenvalue weighted by molar-refractivity contribution is 5.81. The normalized spacial score (nSPS) is 22.0. The molecule has 0 saturated carbocycles. The van der Waals surface area contributed by atoms with Crippen molar-refractivity contribution >= 4 is 11.8 Å². The number of carbonyl (C=O) groups excluding carboxylic acids is 2. The number of amides is 2. The van der Waals surface area contributed by atoms with Crippen molar-refractivity contribution in [1.29, 1.82) is 0 Å². The van der Waals surface area contributed by atoms with Crippen molar-refractivity contribution in [2.75, 3.05) is 6.54 Å². The Hall–Kier alpha value is -1.32. The summed E-state index contributed by atoms with van der Waals surface area (Å²) in [4.78, 5) is 23.6. The zero-order valence-electron chi connectivity index (χ0n) is 7.53. The molecule has 0 aromatic carbocycles. The minimum absolute atomic E-state index is 0.0111. The molecule has 1 aliphatic heterocycles. The molecule has 1 aliphatic rings. The van der Waals surface area contributed by atoms with E-state index in [0.717, 1.165) is 6.42 Å². The average molecular weight is 182 g/mol. The molecule has 4 nitrogen and oxygen atoms in total. The topological polar surface area (TPSA) is 63.4 Å². The highest BCUT2D eigenvalue weighted by Gasteiger charge is 2.30. The zero-order chi connectivity index (χ0) is 9.84. The van der Waals surface area contributed by atoms with Gasteiger partial charge in [0, 0.05) is 25.4 Å². The Morgan fingerprint density at radius 1 is 1.77 bits per heavy atom. The first-order valence-corrected chi connectivity index (χ1v) is 4.34. The van der Waals surface area contributed by atoms with Crippen LogP contribution in [0, 0.1) is 0 Å². The van der Waals surface area contributed by atoms with E-state index in [2.05, 4.69) is 6.58 Å². The largest absolute Gasteiger partial charge is 0.370 e. The van der Waals surface area contributed by atoms with Crippen molar-refractivity contribution in [3.8, 4) is 0 Å². The number of primary amides is 1. The molecule has 0 aromatic rings. The smallest absolute Gasteiger partial charge is 0.223 e. The fraction of sp³-hybridized carbons (Fsp3) is 0.556. The molecule has 1 rings (SSSR count). The van der Waals surface area contributed by atoms with Gasteiger partial charge in [0.15, 0.2) is 0 Å². The maximum Gasteiger partial charge on any atom is 0.223 e. The van der Waals surface area contributed by atoms with E-state index in [1.807, 2.05) is 0 Å². The number of carbonyl (C=O) groups is 2. The number of nitrogens with zero attached hydrogens (tertiary/aromatic N) is 1. The van der Waals surface area contributed by atoms with Gasteiger partial charge in [-0.05, 0) is 6.42 Å². The molecule has 72 valence electrons. The molecule has 1 atom stereocenters. The standard InChI is InChI=1S/C9H14N2O2/c1-2-5-11-7(6-8(10)12)3-4-9(11)13/h2,7H,1,3-6H2,(H2,10,12)/t7-/m0/s1. The summed E-state index contributed by atoms with van der Waals surface area (Å²) >= 11 is 0. The first kappa shape index (κ1) is 9.77.